The minimum atomic E-state index is -0.232. The number of piperidine rings is 1. The number of benzene rings is 1. The van der Waals surface area contributed by atoms with Crippen molar-refractivity contribution in [3.05, 3.63) is 35.9 Å². The van der Waals surface area contributed by atoms with E-state index in [1.807, 2.05) is 22.7 Å². The van der Waals surface area contributed by atoms with E-state index >= 15 is 0 Å². The number of aliphatic hydroxyl groups is 1. The number of nitrogens with zero attached hydrogens (tertiary/aromatic N) is 2. The summed E-state index contributed by atoms with van der Waals surface area (Å²) in [6.07, 6.45) is 7.80. The molecule has 1 aromatic rings. The zero-order valence-electron chi connectivity index (χ0n) is 17.8. The van der Waals surface area contributed by atoms with Crippen molar-refractivity contribution in [1.82, 2.24) is 4.90 Å². The van der Waals surface area contributed by atoms with Gasteiger partial charge in [-0.15, -0.1) is 11.8 Å². The van der Waals surface area contributed by atoms with Gasteiger partial charge in [0.15, 0.2) is 0 Å². The molecule has 1 aromatic carbocycles. The number of thioether (sulfide) groups is 1. The van der Waals surface area contributed by atoms with Crippen LogP contribution in [0.2, 0.25) is 0 Å². The Bertz CT molecular complexity index is 656. The minimum absolute atomic E-state index is 0.232. The first-order chi connectivity index (χ1) is 14.2. The van der Waals surface area contributed by atoms with Crippen LogP contribution in [0.25, 0.3) is 0 Å². The summed E-state index contributed by atoms with van der Waals surface area (Å²) in [6, 6.07) is 10.5. The van der Waals surface area contributed by atoms with Crippen LogP contribution >= 0.6 is 11.8 Å². The highest BCUT2D eigenvalue weighted by atomic mass is 32.2. The van der Waals surface area contributed by atoms with Gasteiger partial charge in [-0.2, -0.15) is 0 Å². The Morgan fingerprint density at radius 1 is 1.14 bits per heavy atom. The van der Waals surface area contributed by atoms with Crippen molar-refractivity contribution in [1.29, 1.82) is 0 Å². The van der Waals surface area contributed by atoms with Crippen LogP contribution < -0.4 is 0 Å². The molecule has 4 nitrogen and oxygen atoms in total. The van der Waals surface area contributed by atoms with Crippen LogP contribution in [0.5, 0.6) is 0 Å². The molecular weight excluding hydrogens is 380 g/mol. The Kier molecular flexibility index (Phi) is 9.06. The van der Waals surface area contributed by atoms with E-state index in [0.29, 0.717) is 31.3 Å². The van der Waals surface area contributed by atoms with Crippen molar-refractivity contribution < 1.29 is 9.90 Å². The third-order valence-corrected chi connectivity index (χ3v) is 7.39. The average Bonchev–Trinajstić information content (AvgIpc) is 2.73. The number of carbonyl (C=O) groups excluding carboxylic acids is 1. The van der Waals surface area contributed by atoms with Crippen LogP contribution in [0.1, 0.15) is 63.9 Å². The molecule has 0 radical (unpaired) electrons. The summed E-state index contributed by atoms with van der Waals surface area (Å²) in [5.74, 6) is 2.20. The van der Waals surface area contributed by atoms with E-state index in [1.165, 1.54) is 31.2 Å². The maximum absolute atomic E-state index is 12.9. The Morgan fingerprint density at radius 2 is 1.90 bits per heavy atom. The fourth-order valence-electron chi connectivity index (χ4n) is 4.41. The molecule has 3 rings (SSSR count). The standard InChI is InChI=1S/C24H36N2O2S/c1-2-3-5-10-21-18-25-24(19-8-6-4-7-9-19)29-16-13-20(21)17-23(28)26-14-11-22(27)12-15-26/h4,6-9,20-22,27H,2-3,5,10-18H2,1H3. The van der Waals surface area contributed by atoms with Gasteiger partial charge in [0.25, 0.3) is 0 Å². The van der Waals surface area contributed by atoms with Crippen LogP contribution in [-0.2, 0) is 4.79 Å². The topological polar surface area (TPSA) is 52.9 Å². The van der Waals surface area contributed by atoms with Gasteiger partial charge in [0, 0.05) is 31.6 Å². The molecular formula is C24H36N2O2S. The van der Waals surface area contributed by atoms with Gasteiger partial charge in [0.2, 0.25) is 5.91 Å². The lowest BCUT2D eigenvalue weighted by Gasteiger charge is -2.33. The Morgan fingerprint density at radius 3 is 2.62 bits per heavy atom. The Balaban J connectivity index is 1.66. The zero-order valence-corrected chi connectivity index (χ0v) is 18.6. The molecule has 5 heteroatoms. The van der Waals surface area contributed by atoms with Crippen molar-refractivity contribution in [2.24, 2.45) is 16.8 Å². The molecule has 1 N–H and O–H groups in total. The molecule has 0 saturated carbocycles. The first-order valence-corrected chi connectivity index (χ1v) is 12.3. The molecule has 160 valence electrons. The summed E-state index contributed by atoms with van der Waals surface area (Å²) < 4.78 is 0. The number of amides is 1. The number of aliphatic imine (C=N–C) groups is 1. The van der Waals surface area contributed by atoms with Crippen LogP contribution in [0, 0.1) is 11.8 Å². The van der Waals surface area contributed by atoms with Crippen molar-refractivity contribution >= 4 is 22.7 Å². The second kappa shape index (κ2) is 11.8. The van der Waals surface area contributed by atoms with E-state index in [-0.39, 0.29) is 12.0 Å². The van der Waals surface area contributed by atoms with Gasteiger partial charge in [-0.05, 0) is 43.3 Å². The van der Waals surface area contributed by atoms with Gasteiger partial charge in [0.1, 0.15) is 0 Å². The summed E-state index contributed by atoms with van der Waals surface area (Å²) in [5, 5.41) is 10.9. The molecule has 0 aromatic heterocycles. The number of carbonyl (C=O) groups is 1. The van der Waals surface area contributed by atoms with Gasteiger partial charge in [-0.25, -0.2) is 0 Å². The lowest BCUT2D eigenvalue weighted by atomic mass is 9.83. The quantitative estimate of drug-likeness (QED) is 0.652. The van der Waals surface area contributed by atoms with Crippen LogP contribution in [0.15, 0.2) is 35.3 Å². The van der Waals surface area contributed by atoms with Crippen molar-refractivity contribution in [2.75, 3.05) is 25.4 Å². The number of hydrogen-bond donors (Lipinski definition) is 1. The molecule has 2 atom stereocenters. The lowest BCUT2D eigenvalue weighted by Crippen LogP contribution is -2.41. The highest BCUT2D eigenvalue weighted by Crippen LogP contribution is 2.32. The van der Waals surface area contributed by atoms with Gasteiger partial charge in [-0.3, -0.25) is 9.79 Å². The zero-order chi connectivity index (χ0) is 20.5. The molecule has 2 aliphatic rings. The molecule has 1 fully saturated rings. The number of hydrogen-bond acceptors (Lipinski definition) is 4. The molecule has 2 heterocycles. The van der Waals surface area contributed by atoms with Crippen molar-refractivity contribution in [3.8, 4) is 0 Å². The maximum Gasteiger partial charge on any atom is 0.222 e. The van der Waals surface area contributed by atoms with E-state index < -0.39 is 0 Å². The molecule has 1 saturated heterocycles. The van der Waals surface area contributed by atoms with Crippen molar-refractivity contribution in [3.63, 3.8) is 0 Å². The third kappa shape index (κ3) is 6.85. The average molecular weight is 417 g/mol. The van der Waals surface area contributed by atoms with Crippen LogP contribution in [-0.4, -0.2) is 52.4 Å². The fourth-order valence-corrected chi connectivity index (χ4v) is 5.50. The van der Waals surface area contributed by atoms with Gasteiger partial charge >= 0.3 is 0 Å². The predicted octanol–water partition coefficient (Wildman–Crippen LogP) is 4.76. The van der Waals surface area contributed by atoms with E-state index in [9.17, 15) is 9.90 Å². The summed E-state index contributed by atoms with van der Waals surface area (Å²) >= 11 is 1.84. The number of rotatable bonds is 7. The van der Waals surface area contributed by atoms with Crippen LogP contribution in [0.3, 0.4) is 0 Å². The summed E-state index contributed by atoms with van der Waals surface area (Å²) in [5.41, 5.74) is 1.21. The largest absolute Gasteiger partial charge is 0.393 e. The van der Waals surface area contributed by atoms with Crippen molar-refractivity contribution in [2.45, 2.75) is 64.4 Å². The monoisotopic (exact) mass is 416 g/mol. The van der Waals surface area contributed by atoms with E-state index in [0.717, 1.165) is 36.6 Å². The lowest BCUT2D eigenvalue weighted by molar-refractivity contribution is -0.134. The summed E-state index contributed by atoms with van der Waals surface area (Å²) in [7, 11) is 0. The maximum atomic E-state index is 12.9. The summed E-state index contributed by atoms with van der Waals surface area (Å²) in [6.45, 7) is 4.49. The van der Waals surface area contributed by atoms with Gasteiger partial charge < -0.3 is 10.0 Å². The highest BCUT2D eigenvalue weighted by molar-refractivity contribution is 8.14. The second-order valence-corrected chi connectivity index (χ2v) is 9.56. The number of unbranched alkanes of at least 4 members (excludes halogenated alkanes) is 2. The Labute approximate surface area is 180 Å². The first-order valence-electron chi connectivity index (χ1n) is 11.4. The molecule has 0 bridgehead atoms. The highest BCUT2D eigenvalue weighted by Gasteiger charge is 2.29. The minimum Gasteiger partial charge on any atom is -0.393 e. The second-order valence-electron chi connectivity index (χ2n) is 8.48. The molecule has 2 unspecified atom stereocenters. The molecule has 2 aliphatic heterocycles. The first kappa shape index (κ1) is 22.4. The Hall–Kier alpha value is -1.33. The molecule has 0 aliphatic carbocycles. The molecule has 0 spiro atoms. The molecule has 1 amide bonds. The van der Waals surface area contributed by atoms with E-state index in [1.54, 1.807) is 0 Å². The summed E-state index contributed by atoms with van der Waals surface area (Å²) in [4.78, 5) is 19.9. The number of likely N-dealkylation sites (tertiary alicyclic amines) is 1. The predicted molar refractivity (Wildman–Crippen MR) is 122 cm³/mol. The van der Waals surface area contributed by atoms with E-state index in [4.69, 9.17) is 4.99 Å². The normalized spacial score (nSPS) is 23.9. The van der Waals surface area contributed by atoms with Gasteiger partial charge in [0.05, 0.1) is 11.1 Å². The smallest absolute Gasteiger partial charge is 0.222 e. The number of aliphatic hydroxyl groups excluding tert-OH is 1. The fraction of sp³-hybridized carbons (Fsp3) is 0.667. The van der Waals surface area contributed by atoms with E-state index in [2.05, 4.69) is 31.2 Å². The van der Waals surface area contributed by atoms with Crippen LogP contribution in [0.4, 0.5) is 0 Å². The molecule has 29 heavy (non-hydrogen) atoms. The SMILES string of the molecule is CCCCCC1CN=C(c2ccccc2)SCCC1CC(=O)N1CCC(O)CC1. The van der Waals surface area contributed by atoms with Gasteiger partial charge in [-0.1, -0.05) is 56.5 Å². The third-order valence-electron chi connectivity index (χ3n) is 6.32.